The molecule has 2 rings (SSSR count). The van der Waals surface area contributed by atoms with E-state index in [4.69, 9.17) is 4.74 Å². The molecule has 1 N–H and O–H groups in total. The van der Waals surface area contributed by atoms with Crippen molar-refractivity contribution in [3.05, 3.63) is 0 Å². The van der Waals surface area contributed by atoms with Crippen LogP contribution in [0.3, 0.4) is 0 Å². The Morgan fingerprint density at radius 2 is 2.21 bits per heavy atom. The lowest BCUT2D eigenvalue weighted by Crippen LogP contribution is -2.30. The van der Waals surface area contributed by atoms with Crippen LogP contribution in [-0.4, -0.2) is 43.8 Å². The number of hydrogen-bond acceptors (Lipinski definition) is 3. The highest BCUT2D eigenvalue weighted by Crippen LogP contribution is 2.11. The number of carbonyl (C=O) groups excluding carboxylic acids is 1. The molecule has 0 radical (unpaired) electrons. The Morgan fingerprint density at radius 1 is 1.43 bits per heavy atom. The Hall–Kier alpha value is -0.770. The third kappa shape index (κ3) is 2.38. The SMILES string of the molecule is O=C(OCC1CCNC1)N1CCCC1. The maximum Gasteiger partial charge on any atom is 0.409 e. The van der Waals surface area contributed by atoms with Gasteiger partial charge < -0.3 is 15.0 Å². The van der Waals surface area contributed by atoms with E-state index in [1.165, 1.54) is 0 Å². The van der Waals surface area contributed by atoms with Crippen LogP contribution in [0.15, 0.2) is 0 Å². The van der Waals surface area contributed by atoms with Gasteiger partial charge in [0.1, 0.15) is 0 Å². The van der Waals surface area contributed by atoms with E-state index in [0.29, 0.717) is 12.5 Å². The Morgan fingerprint density at radius 3 is 2.86 bits per heavy atom. The molecule has 80 valence electrons. The fraction of sp³-hybridized carbons (Fsp3) is 0.900. The lowest BCUT2D eigenvalue weighted by atomic mass is 10.1. The van der Waals surface area contributed by atoms with Crippen LogP contribution in [0.4, 0.5) is 4.79 Å². The Kier molecular flexibility index (Phi) is 3.24. The number of amides is 1. The maximum atomic E-state index is 11.5. The molecule has 0 saturated carbocycles. The summed E-state index contributed by atoms with van der Waals surface area (Å²) in [7, 11) is 0. The minimum atomic E-state index is -0.116. The summed E-state index contributed by atoms with van der Waals surface area (Å²) in [5.41, 5.74) is 0. The average Bonchev–Trinajstić information content (AvgIpc) is 2.87. The third-order valence-corrected chi connectivity index (χ3v) is 2.97. The largest absolute Gasteiger partial charge is 0.449 e. The van der Waals surface area contributed by atoms with E-state index in [2.05, 4.69) is 5.32 Å². The van der Waals surface area contributed by atoms with Crippen molar-refractivity contribution in [1.29, 1.82) is 0 Å². The summed E-state index contributed by atoms with van der Waals surface area (Å²) in [6.45, 7) is 4.39. The average molecular weight is 198 g/mol. The molecule has 1 atom stereocenters. The van der Waals surface area contributed by atoms with Gasteiger partial charge >= 0.3 is 6.09 Å². The number of nitrogens with one attached hydrogen (secondary N) is 1. The van der Waals surface area contributed by atoms with Crippen molar-refractivity contribution in [2.45, 2.75) is 19.3 Å². The van der Waals surface area contributed by atoms with Gasteiger partial charge in [0.05, 0.1) is 6.61 Å². The Bertz CT molecular complexity index is 196. The number of likely N-dealkylation sites (tertiary alicyclic amines) is 1. The molecule has 2 heterocycles. The summed E-state index contributed by atoms with van der Waals surface area (Å²) in [6.07, 6.45) is 3.27. The molecule has 0 aliphatic carbocycles. The number of carbonyl (C=O) groups is 1. The highest BCUT2D eigenvalue weighted by atomic mass is 16.6. The lowest BCUT2D eigenvalue weighted by Gasteiger charge is -2.16. The van der Waals surface area contributed by atoms with Crippen LogP contribution in [-0.2, 0) is 4.74 Å². The molecule has 0 aromatic carbocycles. The Labute approximate surface area is 84.6 Å². The van der Waals surface area contributed by atoms with E-state index in [9.17, 15) is 4.79 Å². The molecule has 2 aliphatic rings. The van der Waals surface area contributed by atoms with Crippen molar-refractivity contribution in [3.63, 3.8) is 0 Å². The van der Waals surface area contributed by atoms with Gasteiger partial charge in [0.15, 0.2) is 0 Å². The van der Waals surface area contributed by atoms with Crippen molar-refractivity contribution in [1.82, 2.24) is 10.2 Å². The van der Waals surface area contributed by atoms with E-state index in [1.54, 1.807) is 0 Å². The summed E-state index contributed by atoms with van der Waals surface area (Å²) < 4.78 is 5.26. The smallest absolute Gasteiger partial charge is 0.409 e. The fourth-order valence-corrected chi connectivity index (χ4v) is 2.04. The maximum absolute atomic E-state index is 11.5. The van der Waals surface area contributed by atoms with Gasteiger partial charge in [-0.15, -0.1) is 0 Å². The molecule has 2 fully saturated rings. The second-order valence-electron chi connectivity index (χ2n) is 4.13. The first-order chi connectivity index (χ1) is 6.86. The second-order valence-corrected chi connectivity index (χ2v) is 4.13. The van der Waals surface area contributed by atoms with Crippen LogP contribution in [0.25, 0.3) is 0 Å². The second kappa shape index (κ2) is 4.64. The molecule has 4 heteroatoms. The number of hydrogen-bond donors (Lipinski definition) is 1. The zero-order chi connectivity index (χ0) is 9.80. The number of ether oxygens (including phenoxy) is 1. The topological polar surface area (TPSA) is 41.6 Å². The van der Waals surface area contributed by atoms with E-state index in [1.807, 2.05) is 4.90 Å². The first-order valence-corrected chi connectivity index (χ1v) is 5.48. The molecule has 2 aliphatic heterocycles. The number of nitrogens with zero attached hydrogens (tertiary/aromatic N) is 1. The van der Waals surface area contributed by atoms with Gasteiger partial charge in [-0.1, -0.05) is 0 Å². The Balaban J connectivity index is 1.66. The highest BCUT2D eigenvalue weighted by molar-refractivity contribution is 5.67. The summed E-state index contributed by atoms with van der Waals surface area (Å²) in [5.74, 6) is 0.529. The van der Waals surface area contributed by atoms with E-state index < -0.39 is 0 Å². The predicted octanol–water partition coefficient (Wildman–Crippen LogP) is 0.828. The van der Waals surface area contributed by atoms with Gasteiger partial charge in [0.25, 0.3) is 0 Å². The fourth-order valence-electron chi connectivity index (χ4n) is 2.04. The zero-order valence-electron chi connectivity index (χ0n) is 8.50. The van der Waals surface area contributed by atoms with Crippen molar-refractivity contribution in [2.24, 2.45) is 5.92 Å². The summed E-state index contributed by atoms with van der Waals surface area (Å²) in [5, 5.41) is 3.26. The van der Waals surface area contributed by atoms with Gasteiger partial charge in [-0.05, 0) is 25.8 Å². The van der Waals surface area contributed by atoms with Crippen molar-refractivity contribution in [3.8, 4) is 0 Å². The molecule has 14 heavy (non-hydrogen) atoms. The molecule has 0 bridgehead atoms. The quantitative estimate of drug-likeness (QED) is 0.714. The first-order valence-electron chi connectivity index (χ1n) is 5.48. The molecule has 1 unspecified atom stereocenters. The molecule has 0 aromatic heterocycles. The van der Waals surface area contributed by atoms with Gasteiger partial charge in [-0.3, -0.25) is 0 Å². The monoisotopic (exact) mass is 198 g/mol. The zero-order valence-corrected chi connectivity index (χ0v) is 8.50. The van der Waals surface area contributed by atoms with Crippen molar-refractivity contribution >= 4 is 6.09 Å². The van der Waals surface area contributed by atoms with Gasteiger partial charge in [-0.25, -0.2) is 4.79 Å². The van der Waals surface area contributed by atoms with Crippen molar-refractivity contribution in [2.75, 3.05) is 32.8 Å². The van der Waals surface area contributed by atoms with Crippen LogP contribution < -0.4 is 5.32 Å². The summed E-state index contributed by atoms with van der Waals surface area (Å²) in [6, 6.07) is 0. The van der Waals surface area contributed by atoms with Crippen LogP contribution in [0.1, 0.15) is 19.3 Å². The molecule has 1 amide bonds. The first kappa shape index (κ1) is 9.77. The molecule has 2 saturated heterocycles. The van der Waals surface area contributed by atoms with Crippen LogP contribution >= 0.6 is 0 Å². The van der Waals surface area contributed by atoms with Crippen LogP contribution in [0.2, 0.25) is 0 Å². The molecule has 0 aromatic rings. The van der Waals surface area contributed by atoms with E-state index >= 15 is 0 Å². The van der Waals surface area contributed by atoms with E-state index in [0.717, 1.165) is 45.4 Å². The molecular formula is C10H18N2O2. The van der Waals surface area contributed by atoms with Crippen LogP contribution in [0, 0.1) is 5.92 Å². The third-order valence-electron chi connectivity index (χ3n) is 2.97. The molecular weight excluding hydrogens is 180 g/mol. The predicted molar refractivity (Wildman–Crippen MR) is 53.1 cm³/mol. The molecule has 4 nitrogen and oxygen atoms in total. The minimum absolute atomic E-state index is 0.116. The summed E-state index contributed by atoms with van der Waals surface area (Å²) >= 11 is 0. The normalized spacial score (nSPS) is 26.9. The van der Waals surface area contributed by atoms with E-state index in [-0.39, 0.29) is 6.09 Å². The standard InChI is InChI=1S/C10H18N2O2/c13-10(12-5-1-2-6-12)14-8-9-3-4-11-7-9/h9,11H,1-8H2. The highest BCUT2D eigenvalue weighted by Gasteiger charge is 2.21. The van der Waals surface area contributed by atoms with Crippen molar-refractivity contribution < 1.29 is 9.53 Å². The van der Waals surface area contributed by atoms with Gasteiger partial charge in [0, 0.05) is 25.6 Å². The van der Waals surface area contributed by atoms with Gasteiger partial charge in [0.2, 0.25) is 0 Å². The van der Waals surface area contributed by atoms with Crippen LogP contribution in [0.5, 0.6) is 0 Å². The lowest BCUT2D eigenvalue weighted by molar-refractivity contribution is 0.0973. The number of rotatable bonds is 2. The molecule has 0 spiro atoms. The summed E-state index contributed by atoms with van der Waals surface area (Å²) in [4.78, 5) is 13.3. The van der Waals surface area contributed by atoms with Gasteiger partial charge in [-0.2, -0.15) is 0 Å². The minimum Gasteiger partial charge on any atom is -0.449 e.